The molecule has 0 amide bonds. The number of rotatable bonds is 7. The Hall–Kier alpha value is -9.46. The fraction of sp³-hybridized carbons (Fsp3) is 0. The minimum absolute atomic E-state index is 0.675. The summed E-state index contributed by atoms with van der Waals surface area (Å²) in [5.41, 5.74) is 16.5. The number of para-hydroxylation sites is 3. The Morgan fingerprint density at radius 1 is 0.275 bits per heavy atom. The predicted molar refractivity (Wildman–Crippen MR) is 282 cm³/mol. The van der Waals surface area contributed by atoms with Gasteiger partial charge in [0.15, 0.2) is 5.82 Å². The predicted octanol–water partition coefficient (Wildman–Crippen LogP) is 15.2. The summed E-state index contributed by atoms with van der Waals surface area (Å²) in [6, 6.07) is 81.1. The molecule has 14 aromatic rings. The van der Waals surface area contributed by atoms with E-state index in [1.54, 1.807) is 0 Å². The molecule has 6 aromatic heterocycles. The third-order valence-corrected chi connectivity index (χ3v) is 13.5. The van der Waals surface area contributed by atoms with E-state index in [0.717, 1.165) is 111 Å². The quantitative estimate of drug-likeness (QED) is 0.160. The summed E-state index contributed by atoms with van der Waals surface area (Å²) in [7, 11) is 0. The lowest BCUT2D eigenvalue weighted by atomic mass is 10.0. The summed E-state index contributed by atoms with van der Waals surface area (Å²) in [6.45, 7) is 0. The van der Waals surface area contributed by atoms with Gasteiger partial charge in [0.25, 0.3) is 0 Å². The summed E-state index contributed by atoms with van der Waals surface area (Å²) < 4.78 is 6.96. The molecule has 7 nitrogen and oxygen atoms in total. The minimum Gasteiger partial charge on any atom is -0.309 e. The monoisotopic (exact) mass is 881 g/mol. The number of pyridine rings is 2. The molecule has 69 heavy (non-hydrogen) atoms. The van der Waals surface area contributed by atoms with Crippen LogP contribution in [0.3, 0.4) is 0 Å². The second kappa shape index (κ2) is 15.6. The van der Waals surface area contributed by atoms with E-state index < -0.39 is 0 Å². The Morgan fingerprint density at radius 2 is 0.855 bits per heavy atom. The average molecular weight is 882 g/mol. The van der Waals surface area contributed by atoms with Crippen molar-refractivity contribution in [2.75, 3.05) is 0 Å². The minimum atomic E-state index is 0.675. The van der Waals surface area contributed by atoms with Gasteiger partial charge in [-0.15, -0.1) is 0 Å². The fourth-order valence-corrected chi connectivity index (χ4v) is 10.4. The van der Waals surface area contributed by atoms with Crippen LogP contribution >= 0.6 is 0 Å². The second-order valence-electron chi connectivity index (χ2n) is 17.5. The zero-order valence-corrected chi connectivity index (χ0v) is 37.1. The highest BCUT2D eigenvalue weighted by atomic mass is 15.1. The Bertz CT molecular complexity index is 4240. The van der Waals surface area contributed by atoms with Gasteiger partial charge in [0.1, 0.15) is 5.82 Å². The van der Waals surface area contributed by atoms with E-state index in [9.17, 15) is 0 Å². The van der Waals surface area contributed by atoms with E-state index in [1.165, 1.54) is 10.8 Å². The van der Waals surface area contributed by atoms with Crippen molar-refractivity contribution in [1.29, 1.82) is 0 Å². The highest BCUT2D eigenvalue weighted by Gasteiger charge is 2.20. The fourth-order valence-electron chi connectivity index (χ4n) is 10.4. The molecular weight excluding hydrogens is 843 g/mol. The van der Waals surface area contributed by atoms with Gasteiger partial charge < -0.3 is 9.13 Å². The lowest BCUT2D eigenvalue weighted by Crippen LogP contribution is -2.02. The summed E-state index contributed by atoms with van der Waals surface area (Å²) in [5.74, 6) is 1.48. The maximum Gasteiger partial charge on any atom is 0.162 e. The van der Waals surface area contributed by atoms with Crippen molar-refractivity contribution < 1.29 is 0 Å². The zero-order valence-electron chi connectivity index (χ0n) is 37.1. The van der Waals surface area contributed by atoms with E-state index in [4.69, 9.17) is 19.9 Å². The number of aromatic nitrogens is 7. The van der Waals surface area contributed by atoms with Crippen LogP contribution in [0.4, 0.5) is 0 Å². The van der Waals surface area contributed by atoms with Crippen LogP contribution in [-0.2, 0) is 0 Å². The molecule has 14 rings (SSSR count). The molecule has 0 radical (unpaired) electrons. The van der Waals surface area contributed by atoms with Gasteiger partial charge in [0, 0.05) is 72.8 Å². The van der Waals surface area contributed by atoms with Crippen LogP contribution < -0.4 is 0 Å². The standard InChI is InChI=1S/C62H39N7/c1-4-16-40(17-5-1)53-39-60(66-62(65-53)41-18-6-2-7-19-41)69-55-27-13-10-22-46(55)48-32-29-43(37-59(48)69)52-25-14-24-51(64-52)42-30-33-56-49(36-42)47-23-11-12-26-54(47)68(56)45-31-34-57-50(38-45)61-58(28-15-35-63-61)67(57)44-20-8-3-9-21-44/h1-39H. The van der Waals surface area contributed by atoms with Crippen LogP contribution in [0.1, 0.15) is 0 Å². The SMILES string of the molecule is c1ccc(-c2cc(-n3c4ccccc4c4ccc(-c5cccc(-c6ccc7c(c6)c6ccccc6n7-c6ccc7c(c6)c6ncccc6n7-c6ccccc6)n5)cc43)nc(-c3ccccc3)n2)cc1. The number of benzene rings is 8. The largest absolute Gasteiger partial charge is 0.309 e. The molecule has 0 unspecified atom stereocenters. The van der Waals surface area contributed by atoms with Crippen molar-refractivity contribution in [3.8, 4) is 62.4 Å². The van der Waals surface area contributed by atoms with Crippen molar-refractivity contribution in [3.63, 3.8) is 0 Å². The number of nitrogens with zero attached hydrogens (tertiary/aromatic N) is 7. The van der Waals surface area contributed by atoms with Crippen LogP contribution in [0, 0.1) is 0 Å². The van der Waals surface area contributed by atoms with Crippen molar-refractivity contribution >= 4 is 65.5 Å². The van der Waals surface area contributed by atoms with Gasteiger partial charge in [-0.2, -0.15) is 0 Å². The van der Waals surface area contributed by atoms with Gasteiger partial charge in [-0.25, -0.2) is 15.0 Å². The molecule has 6 heterocycles. The van der Waals surface area contributed by atoms with Crippen molar-refractivity contribution in [1.82, 2.24) is 33.6 Å². The molecule has 0 aliphatic heterocycles. The third-order valence-electron chi connectivity index (χ3n) is 13.5. The Balaban J connectivity index is 0.889. The molecule has 0 spiro atoms. The first-order chi connectivity index (χ1) is 34.2. The van der Waals surface area contributed by atoms with Gasteiger partial charge >= 0.3 is 0 Å². The zero-order chi connectivity index (χ0) is 45.4. The van der Waals surface area contributed by atoms with E-state index in [2.05, 4.69) is 214 Å². The molecule has 0 atom stereocenters. The van der Waals surface area contributed by atoms with Gasteiger partial charge in [0.05, 0.1) is 55.7 Å². The van der Waals surface area contributed by atoms with Gasteiger partial charge in [-0.1, -0.05) is 140 Å². The normalized spacial score (nSPS) is 11.8. The molecule has 0 fully saturated rings. The molecule has 0 N–H and O–H groups in total. The summed E-state index contributed by atoms with van der Waals surface area (Å²) in [4.78, 5) is 20.6. The molecule has 0 aliphatic rings. The topological polar surface area (TPSA) is 66.3 Å². The number of hydrogen-bond acceptors (Lipinski definition) is 4. The van der Waals surface area contributed by atoms with Crippen LogP contribution in [0.5, 0.6) is 0 Å². The van der Waals surface area contributed by atoms with E-state index in [-0.39, 0.29) is 0 Å². The molecular formula is C62H39N7. The Labute approximate surface area is 396 Å². The van der Waals surface area contributed by atoms with Crippen LogP contribution in [-0.4, -0.2) is 33.6 Å². The van der Waals surface area contributed by atoms with E-state index in [0.29, 0.717) is 5.82 Å². The lowest BCUT2D eigenvalue weighted by molar-refractivity contribution is 1.05. The van der Waals surface area contributed by atoms with Gasteiger partial charge in [-0.3, -0.25) is 9.55 Å². The highest BCUT2D eigenvalue weighted by molar-refractivity contribution is 6.13. The van der Waals surface area contributed by atoms with Crippen LogP contribution in [0.25, 0.3) is 128 Å². The Morgan fingerprint density at radius 3 is 1.64 bits per heavy atom. The smallest absolute Gasteiger partial charge is 0.162 e. The Kier molecular flexibility index (Phi) is 8.75. The molecule has 0 saturated heterocycles. The second-order valence-corrected chi connectivity index (χ2v) is 17.5. The van der Waals surface area contributed by atoms with Crippen molar-refractivity contribution in [2.24, 2.45) is 0 Å². The van der Waals surface area contributed by atoms with Gasteiger partial charge in [0.2, 0.25) is 0 Å². The van der Waals surface area contributed by atoms with Gasteiger partial charge in [-0.05, 0) is 84.9 Å². The lowest BCUT2D eigenvalue weighted by Gasteiger charge is -2.12. The van der Waals surface area contributed by atoms with Crippen molar-refractivity contribution in [2.45, 2.75) is 0 Å². The third kappa shape index (κ3) is 6.29. The molecule has 0 aliphatic carbocycles. The maximum absolute atomic E-state index is 5.38. The molecule has 322 valence electrons. The average Bonchev–Trinajstić information content (AvgIpc) is 4.06. The number of fused-ring (bicyclic) bond motifs is 9. The highest BCUT2D eigenvalue weighted by Crippen LogP contribution is 2.39. The molecule has 0 bridgehead atoms. The summed E-state index contributed by atoms with van der Waals surface area (Å²) >= 11 is 0. The first-order valence-corrected chi connectivity index (χ1v) is 23.2. The van der Waals surface area contributed by atoms with Crippen LogP contribution in [0.15, 0.2) is 237 Å². The summed E-state index contributed by atoms with van der Waals surface area (Å²) in [6.07, 6.45) is 1.88. The molecule has 7 heteroatoms. The maximum atomic E-state index is 5.38. The first-order valence-electron chi connectivity index (χ1n) is 23.2. The molecule has 8 aromatic carbocycles. The van der Waals surface area contributed by atoms with Crippen molar-refractivity contribution in [3.05, 3.63) is 237 Å². The first kappa shape index (κ1) is 38.8. The van der Waals surface area contributed by atoms with Crippen LogP contribution in [0.2, 0.25) is 0 Å². The van der Waals surface area contributed by atoms with E-state index in [1.807, 2.05) is 36.5 Å². The number of hydrogen-bond donors (Lipinski definition) is 0. The molecule has 0 saturated carbocycles. The summed E-state index contributed by atoms with van der Waals surface area (Å²) in [5, 5.41) is 5.76. The van der Waals surface area contributed by atoms with E-state index >= 15 is 0 Å².